The SMILES string of the molecule is CCOC(=O)C1=C(C)Nc2nc3ccccc3n2[C@H]1c1cccc(Oc2ccccc2)c1. The molecule has 4 aromatic rings. The van der Waals surface area contributed by atoms with Gasteiger partial charge < -0.3 is 14.8 Å². The molecule has 0 fully saturated rings. The van der Waals surface area contributed by atoms with Crippen molar-refractivity contribution in [1.29, 1.82) is 0 Å². The summed E-state index contributed by atoms with van der Waals surface area (Å²) in [4.78, 5) is 17.8. The number of fused-ring (bicyclic) bond motifs is 3. The van der Waals surface area contributed by atoms with Gasteiger partial charge in [-0.3, -0.25) is 4.57 Å². The number of aromatic nitrogens is 2. The number of rotatable bonds is 5. The number of carbonyl (C=O) groups is 1. The Labute approximate surface area is 186 Å². The van der Waals surface area contributed by atoms with Crippen LogP contribution < -0.4 is 10.1 Å². The molecule has 5 rings (SSSR count). The topological polar surface area (TPSA) is 65.4 Å². The summed E-state index contributed by atoms with van der Waals surface area (Å²) in [6.07, 6.45) is 0. The summed E-state index contributed by atoms with van der Waals surface area (Å²) in [7, 11) is 0. The molecule has 32 heavy (non-hydrogen) atoms. The first kappa shape index (κ1) is 19.9. The lowest BCUT2D eigenvalue weighted by Crippen LogP contribution is -2.29. The summed E-state index contributed by atoms with van der Waals surface area (Å²) >= 11 is 0. The first-order valence-corrected chi connectivity index (χ1v) is 10.6. The molecule has 2 heterocycles. The van der Waals surface area contributed by atoms with Crippen LogP contribution in [0, 0.1) is 0 Å². The van der Waals surface area contributed by atoms with Crippen LogP contribution in [0.5, 0.6) is 11.5 Å². The predicted octanol–water partition coefficient (Wildman–Crippen LogP) is 5.68. The Kier molecular flexibility index (Phi) is 5.11. The van der Waals surface area contributed by atoms with Gasteiger partial charge in [0.05, 0.1) is 29.3 Å². The normalized spacial score (nSPS) is 15.2. The molecule has 0 unspecified atom stereocenters. The molecule has 6 nitrogen and oxygen atoms in total. The largest absolute Gasteiger partial charge is 0.463 e. The zero-order valence-corrected chi connectivity index (χ0v) is 17.9. The van der Waals surface area contributed by atoms with E-state index in [0.717, 1.165) is 28.0 Å². The van der Waals surface area contributed by atoms with Crippen molar-refractivity contribution in [3.63, 3.8) is 0 Å². The third kappa shape index (κ3) is 3.50. The molecule has 0 radical (unpaired) electrons. The Morgan fingerprint density at radius 2 is 1.75 bits per heavy atom. The number of nitrogens with one attached hydrogen (secondary N) is 1. The number of esters is 1. The minimum Gasteiger partial charge on any atom is -0.463 e. The Morgan fingerprint density at radius 3 is 2.56 bits per heavy atom. The summed E-state index contributed by atoms with van der Waals surface area (Å²) in [6.45, 7) is 3.99. The van der Waals surface area contributed by atoms with Crippen molar-refractivity contribution in [2.45, 2.75) is 19.9 Å². The average Bonchev–Trinajstić information content (AvgIpc) is 3.17. The number of ether oxygens (including phenoxy) is 2. The zero-order chi connectivity index (χ0) is 22.1. The molecule has 6 heteroatoms. The highest BCUT2D eigenvalue weighted by Gasteiger charge is 2.35. The number of hydrogen-bond acceptors (Lipinski definition) is 5. The van der Waals surface area contributed by atoms with Gasteiger partial charge in [-0.15, -0.1) is 0 Å². The van der Waals surface area contributed by atoms with Gasteiger partial charge in [0, 0.05) is 5.70 Å². The number of para-hydroxylation sites is 3. The van der Waals surface area contributed by atoms with Crippen LogP contribution >= 0.6 is 0 Å². The molecular formula is C26H23N3O3. The van der Waals surface area contributed by atoms with Crippen molar-refractivity contribution in [1.82, 2.24) is 9.55 Å². The van der Waals surface area contributed by atoms with E-state index >= 15 is 0 Å². The number of carbonyl (C=O) groups excluding carboxylic acids is 1. The Balaban J connectivity index is 1.66. The fraction of sp³-hybridized carbons (Fsp3) is 0.154. The van der Waals surface area contributed by atoms with E-state index in [9.17, 15) is 4.79 Å². The van der Waals surface area contributed by atoms with Crippen molar-refractivity contribution in [2.75, 3.05) is 11.9 Å². The molecule has 1 aromatic heterocycles. The van der Waals surface area contributed by atoms with Crippen LogP contribution in [0.4, 0.5) is 5.95 Å². The molecule has 0 saturated carbocycles. The highest BCUT2D eigenvalue weighted by Crippen LogP contribution is 2.40. The third-order valence-corrected chi connectivity index (χ3v) is 5.48. The number of allylic oxidation sites excluding steroid dienone is 1. The average molecular weight is 425 g/mol. The van der Waals surface area contributed by atoms with Crippen molar-refractivity contribution in [2.24, 2.45) is 0 Å². The Bertz CT molecular complexity index is 1320. The van der Waals surface area contributed by atoms with Crippen LogP contribution in [0.3, 0.4) is 0 Å². The van der Waals surface area contributed by atoms with E-state index in [1.807, 2.05) is 92.7 Å². The zero-order valence-electron chi connectivity index (χ0n) is 17.9. The van der Waals surface area contributed by atoms with Crippen LogP contribution in [0.1, 0.15) is 25.5 Å². The molecule has 0 aliphatic carbocycles. The second-order valence-corrected chi connectivity index (χ2v) is 7.57. The molecule has 1 N–H and O–H groups in total. The maximum atomic E-state index is 13.1. The standard InChI is InChI=1S/C26H23N3O3/c1-3-31-25(30)23-17(2)27-26-28-21-14-7-8-15-22(21)29(26)24(23)18-10-9-13-20(16-18)32-19-11-5-4-6-12-19/h4-16,24H,3H2,1-2H3,(H,27,28)/t24-/m0/s1. The maximum Gasteiger partial charge on any atom is 0.338 e. The highest BCUT2D eigenvalue weighted by atomic mass is 16.5. The van der Waals surface area contributed by atoms with E-state index < -0.39 is 6.04 Å². The fourth-order valence-electron chi connectivity index (χ4n) is 4.13. The first-order chi connectivity index (χ1) is 15.7. The second kappa shape index (κ2) is 8.23. The molecule has 0 spiro atoms. The van der Waals surface area contributed by atoms with E-state index in [4.69, 9.17) is 14.5 Å². The first-order valence-electron chi connectivity index (χ1n) is 10.6. The lowest BCUT2D eigenvalue weighted by atomic mass is 9.95. The lowest BCUT2D eigenvalue weighted by Gasteiger charge is -2.30. The minimum atomic E-state index is -0.406. The summed E-state index contributed by atoms with van der Waals surface area (Å²) < 4.78 is 13.5. The van der Waals surface area contributed by atoms with Crippen LogP contribution in [0.2, 0.25) is 0 Å². The summed E-state index contributed by atoms with van der Waals surface area (Å²) in [5.74, 6) is 1.79. The smallest absolute Gasteiger partial charge is 0.338 e. The van der Waals surface area contributed by atoms with E-state index in [1.54, 1.807) is 0 Å². The molecule has 1 aliphatic rings. The molecule has 0 saturated heterocycles. The van der Waals surface area contributed by atoms with Gasteiger partial charge in [-0.05, 0) is 55.8 Å². The van der Waals surface area contributed by atoms with E-state index in [-0.39, 0.29) is 5.97 Å². The van der Waals surface area contributed by atoms with Crippen LogP contribution in [0.15, 0.2) is 90.1 Å². The quantitative estimate of drug-likeness (QED) is 0.417. The van der Waals surface area contributed by atoms with Gasteiger partial charge >= 0.3 is 5.97 Å². The van der Waals surface area contributed by atoms with Crippen LogP contribution in [-0.4, -0.2) is 22.1 Å². The van der Waals surface area contributed by atoms with Gasteiger partial charge in [0.2, 0.25) is 5.95 Å². The third-order valence-electron chi connectivity index (χ3n) is 5.48. The number of hydrogen-bond donors (Lipinski definition) is 1. The number of nitrogens with zero attached hydrogens (tertiary/aromatic N) is 2. The fourth-order valence-corrected chi connectivity index (χ4v) is 4.13. The second-order valence-electron chi connectivity index (χ2n) is 7.57. The predicted molar refractivity (Wildman–Crippen MR) is 124 cm³/mol. The summed E-state index contributed by atoms with van der Waals surface area (Å²) in [5.41, 5.74) is 3.98. The number of imidazole rings is 1. The van der Waals surface area contributed by atoms with Crippen molar-refractivity contribution < 1.29 is 14.3 Å². The number of benzene rings is 3. The van der Waals surface area contributed by atoms with Crippen molar-refractivity contribution in [3.05, 3.63) is 95.7 Å². The highest BCUT2D eigenvalue weighted by molar-refractivity contribution is 5.94. The van der Waals surface area contributed by atoms with Crippen LogP contribution in [0.25, 0.3) is 11.0 Å². The van der Waals surface area contributed by atoms with Gasteiger partial charge in [-0.2, -0.15) is 0 Å². The monoisotopic (exact) mass is 425 g/mol. The molecular weight excluding hydrogens is 402 g/mol. The lowest BCUT2D eigenvalue weighted by molar-refractivity contribution is -0.139. The van der Waals surface area contributed by atoms with Gasteiger partial charge in [0.25, 0.3) is 0 Å². The molecule has 0 amide bonds. The van der Waals surface area contributed by atoms with Gasteiger partial charge in [0.1, 0.15) is 11.5 Å². The molecule has 1 aliphatic heterocycles. The molecule has 160 valence electrons. The van der Waals surface area contributed by atoms with Gasteiger partial charge in [-0.1, -0.05) is 42.5 Å². The Morgan fingerprint density at radius 1 is 1.00 bits per heavy atom. The van der Waals surface area contributed by atoms with Crippen molar-refractivity contribution in [3.8, 4) is 11.5 Å². The van der Waals surface area contributed by atoms with Gasteiger partial charge in [0.15, 0.2) is 0 Å². The molecule has 0 bridgehead atoms. The maximum absolute atomic E-state index is 13.1. The molecule has 1 atom stereocenters. The van der Waals surface area contributed by atoms with E-state index in [0.29, 0.717) is 23.9 Å². The minimum absolute atomic E-state index is 0.303. The summed E-state index contributed by atoms with van der Waals surface area (Å²) in [6, 6.07) is 24.9. The van der Waals surface area contributed by atoms with Crippen molar-refractivity contribution >= 4 is 23.0 Å². The summed E-state index contributed by atoms with van der Waals surface area (Å²) in [5, 5.41) is 3.29. The van der Waals surface area contributed by atoms with E-state index in [1.165, 1.54) is 0 Å². The Hall–Kier alpha value is -4.06. The van der Waals surface area contributed by atoms with Gasteiger partial charge in [-0.25, -0.2) is 9.78 Å². The van der Waals surface area contributed by atoms with E-state index in [2.05, 4.69) is 9.88 Å². The molecule has 3 aromatic carbocycles. The van der Waals surface area contributed by atoms with Crippen LogP contribution in [-0.2, 0) is 9.53 Å². The number of anilines is 1.